The van der Waals surface area contributed by atoms with Crippen LogP contribution in [0, 0.1) is 5.92 Å². The van der Waals surface area contributed by atoms with Crippen molar-refractivity contribution in [2.45, 2.75) is 78.5 Å². The van der Waals surface area contributed by atoms with Crippen molar-refractivity contribution in [2.75, 3.05) is 18.4 Å². The van der Waals surface area contributed by atoms with Crippen LogP contribution in [0.4, 0.5) is 14.6 Å². The minimum Gasteiger partial charge on any atom is -0.389 e. The average Bonchev–Trinajstić information content (AvgIpc) is 3.43. The van der Waals surface area contributed by atoms with E-state index in [2.05, 4.69) is 20.6 Å². The van der Waals surface area contributed by atoms with Crippen molar-refractivity contribution in [1.82, 2.24) is 20.2 Å². The summed E-state index contributed by atoms with van der Waals surface area (Å²) in [7, 11) is 0. The van der Waals surface area contributed by atoms with E-state index in [1.54, 1.807) is 18.7 Å². The maximum Gasteiger partial charge on any atom is 0.280 e. The van der Waals surface area contributed by atoms with Crippen LogP contribution in [0.3, 0.4) is 0 Å². The predicted molar refractivity (Wildman–Crippen MR) is 137 cm³/mol. The van der Waals surface area contributed by atoms with Crippen LogP contribution in [0.15, 0.2) is 12.3 Å². The van der Waals surface area contributed by atoms with Gasteiger partial charge in [0.15, 0.2) is 5.01 Å². The van der Waals surface area contributed by atoms with Gasteiger partial charge in [0, 0.05) is 42.5 Å². The SMILES string of the molecule is CC(C)[C@@H](C)Nc1cc(C(F)F)c(-c2sc(C(=O)NCC(C)(C)O)nc2C(=O)N2CCCC2C)cn1. The number of carbonyl (C=O) groups excluding carboxylic acids is 2. The molecule has 2 aromatic heterocycles. The van der Waals surface area contributed by atoms with Gasteiger partial charge in [0.1, 0.15) is 11.5 Å². The lowest BCUT2D eigenvalue weighted by Gasteiger charge is -2.21. The van der Waals surface area contributed by atoms with Gasteiger partial charge < -0.3 is 20.6 Å². The normalized spacial score (nSPS) is 17.1. The zero-order valence-corrected chi connectivity index (χ0v) is 22.4. The Morgan fingerprint density at radius 1 is 1.31 bits per heavy atom. The van der Waals surface area contributed by atoms with Gasteiger partial charge in [-0.25, -0.2) is 18.7 Å². The van der Waals surface area contributed by atoms with Crippen molar-refractivity contribution in [3.05, 3.63) is 28.5 Å². The standard InChI is InChI=1S/C25H35F2N5O3S/c1-13(2)15(4)30-18-10-16(21(26)27)17(11-28-18)20-19(24(34)32-9-7-8-14(32)3)31-23(36-20)22(33)29-12-25(5,6)35/h10-11,13-15,21,35H,7-9,12H2,1-6H3,(H,28,30)(H,29,33)/t14?,15-/m1/s1. The molecule has 0 bridgehead atoms. The maximum atomic E-state index is 14.2. The highest BCUT2D eigenvalue weighted by Gasteiger charge is 2.33. The summed E-state index contributed by atoms with van der Waals surface area (Å²) in [5.74, 6) is -0.417. The number of aliphatic hydroxyl groups is 1. The second-order valence-electron chi connectivity index (χ2n) is 10.3. The van der Waals surface area contributed by atoms with Crippen LogP contribution in [-0.2, 0) is 0 Å². The number of halogens is 2. The average molecular weight is 524 g/mol. The molecule has 198 valence electrons. The molecular formula is C25H35F2N5O3S. The van der Waals surface area contributed by atoms with Gasteiger partial charge in [0.25, 0.3) is 18.2 Å². The minimum atomic E-state index is -2.83. The first-order valence-corrected chi connectivity index (χ1v) is 13.0. The molecule has 2 aromatic rings. The molecule has 1 unspecified atom stereocenters. The Kier molecular flexibility index (Phi) is 8.66. The number of likely N-dealkylation sites (tertiary alicyclic amines) is 1. The van der Waals surface area contributed by atoms with Crippen LogP contribution in [0.1, 0.15) is 86.7 Å². The number of carbonyl (C=O) groups is 2. The number of hydrogen-bond donors (Lipinski definition) is 3. The summed E-state index contributed by atoms with van der Waals surface area (Å²) < 4.78 is 28.5. The fraction of sp³-hybridized carbons (Fsp3) is 0.600. The Morgan fingerprint density at radius 3 is 2.56 bits per heavy atom. The molecule has 1 fully saturated rings. The molecule has 0 aliphatic carbocycles. The summed E-state index contributed by atoms with van der Waals surface area (Å²) in [4.78, 5) is 36.7. The molecule has 3 rings (SSSR count). The molecule has 2 amide bonds. The Morgan fingerprint density at radius 2 is 2.00 bits per heavy atom. The molecule has 11 heteroatoms. The van der Waals surface area contributed by atoms with Gasteiger partial charge in [-0.3, -0.25) is 9.59 Å². The van der Waals surface area contributed by atoms with Crippen molar-refractivity contribution >= 4 is 29.0 Å². The second kappa shape index (κ2) is 11.2. The van der Waals surface area contributed by atoms with Crippen molar-refractivity contribution in [1.29, 1.82) is 0 Å². The Labute approximate surface area is 214 Å². The van der Waals surface area contributed by atoms with Crippen LogP contribution in [0.5, 0.6) is 0 Å². The van der Waals surface area contributed by atoms with E-state index < -0.39 is 23.8 Å². The molecule has 8 nitrogen and oxygen atoms in total. The van der Waals surface area contributed by atoms with E-state index in [4.69, 9.17) is 0 Å². The topological polar surface area (TPSA) is 107 Å². The number of thiazole rings is 1. The second-order valence-corrected chi connectivity index (χ2v) is 11.3. The molecule has 0 saturated carbocycles. The summed E-state index contributed by atoms with van der Waals surface area (Å²) in [6.07, 6.45) is 0.153. The molecule has 0 spiro atoms. The van der Waals surface area contributed by atoms with Gasteiger partial charge in [0.2, 0.25) is 0 Å². The van der Waals surface area contributed by atoms with Crippen molar-refractivity contribution in [3.8, 4) is 10.4 Å². The minimum absolute atomic E-state index is 0.0112. The number of anilines is 1. The lowest BCUT2D eigenvalue weighted by molar-refractivity contribution is 0.0692. The molecule has 2 atom stereocenters. The summed E-state index contributed by atoms with van der Waals surface area (Å²) >= 11 is 0.870. The zero-order valence-electron chi connectivity index (χ0n) is 21.6. The van der Waals surface area contributed by atoms with Gasteiger partial charge in [0.05, 0.1) is 10.5 Å². The Bertz CT molecular complexity index is 1100. The molecule has 3 N–H and O–H groups in total. The number of aromatic nitrogens is 2. The van der Waals surface area contributed by atoms with Crippen molar-refractivity contribution in [2.24, 2.45) is 5.92 Å². The number of pyridine rings is 1. The molecule has 0 radical (unpaired) electrons. The van der Waals surface area contributed by atoms with E-state index in [0.29, 0.717) is 12.4 Å². The lowest BCUT2D eigenvalue weighted by atomic mass is 10.1. The van der Waals surface area contributed by atoms with Crippen LogP contribution in [0.25, 0.3) is 10.4 Å². The summed E-state index contributed by atoms with van der Waals surface area (Å²) in [5.41, 5.74) is -1.41. The third-order valence-corrected chi connectivity index (χ3v) is 7.40. The predicted octanol–water partition coefficient (Wildman–Crippen LogP) is 4.72. The number of hydrogen-bond acceptors (Lipinski definition) is 7. The number of amides is 2. The molecular weight excluding hydrogens is 488 g/mol. The third kappa shape index (κ3) is 6.56. The van der Waals surface area contributed by atoms with Gasteiger partial charge in [-0.15, -0.1) is 11.3 Å². The largest absolute Gasteiger partial charge is 0.389 e. The lowest BCUT2D eigenvalue weighted by Crippen LogP contribution is -2.38. The monoisotopic (exact) mass is 523 g/mol. The van der Waals surface area contributed by atoms with Gasteiger partial charge in [-0.05, 0) is 52.5 Å². The first kappa shape index (κ1) is 27.9. The van der Waals surface area contributed by atoms with Crippen molar-refractivity contribution < 1.29 is 23.5 Å². The number of nitrogens with zero attached hydrogens (tertiary/aromatic N) is 3. The highest BCUT2D eigenvalue weighted by molar-refractivity contribution is 7.17. The molecule has 1 saturated heterocycles. The van der Waals surface area contributed by atoms with E-state index >= 15 is 0 Å². The summed E-state index contributed by atoms with van der Waals surface area (Å²) in [6, 6.07) is 1.28. The van der Waals surface area contributed by atoms with Crippen LogP contribution in [-0.4, -0.2) is 62.6 Å². The Balaban J connectivity index is 2.07. The molecule has 0 aromatic carbocycles. The third-order valence-electron chi connectivity index (χ3n) is 6.31. The fourth-order valence-electron chi connectivity index (χ4n) is 3.81. The highest BCUT2D eigenvalue weighted by atomic mass is 32.1. The van der Waals surface area contributed by atoms with E-state index in [1.165, 1.54) is 12.3 Å². The van der Waals surface area contributed by atoms with Crippen LogP contribution < -0.4 is 10.6 Å². The first-order chi connectivity index (χ1) is 16.8. The Hall–Kier alpha value is -2.66. The van der Waals surface area contributed by atoms with Gasteiger partial charge in [-0.1, -0.05) is 13.8 Å². The first-order valence-electron chi connectivity index (χ1n) is 12.2. The zero-order chi connectivity index (χ0) is 26.8. The number of alkyl halides is 2. The van der Waals surface area contributed by atoms with Crippen LogP contribution in [0.2, 0.25) is 0 Å². The maximum absolute atomic E-state index is 14.2. The molecule has 1 aliphatic heterocycles. The molecule has 3 heterocycles. The van der Waals surface area contributed by atoms with Crippen LogP contribution >= 0.6 is 11.3 Å². The number of nitrogens with one attached hydrogen (secondary N) is 2. The van der Waals surface area contributed by atoms with E-state index in [9.17, 15) is 23.5 Å². The van der Waals surface area contributed by atoms with Gasteiger partial charge >= 0.3 is 0 Å². The smallest absolute Gasteiger partial charge is 0.280 e. The molecule has 36 heavy (non-hydrogen) atoms. The molecule has 1 aliphatic rings. The fourth-order valence-corrected chi connectivity index (χ4v) is 4.81. The number of rotatable bonds is 9. The van der Waals surface area contributed by atoms with E-state index in [1.807, 2.05) is 27.7 Å². The quantitative estimate of drug-likeness (QED) is 0.439. The van der Waals surface area contributed by atoms with Crippen molar-refractivity contribution in [3.63, 3.8) is 0 Å². The highest BCUT2D eigenvalue weighted by Crippen LogP contribution is 2.39. The van der Waals surface area contributed by atoms with Gasteiger partial charge in [-0.2, -0.15) is 0 Å². The summed E-state index contributed by atoms with van der Waals surface area (Å²) in [6.45, 7) is 11.5. The summed E-state index contributed by atoms with van der Waals surface area (Å²) in [5, 5.41) is 15.6. The van der Waals surface area contributed by atoms with E-state index in [0.717, 1.165) is 24.2 Å². The van der Waals surface area contributed by atoms with E-state index in [-0.39, 0.29) is 51.3 Å².